The number of para-hydroxylation sites is 1. The van der Waals surface area contributed by atoms with Gasteiger partial charge in [0.05, 0.1) is 28.2 Å². The first-order valence-electron chi connectivity index (χ1n) is 18.1. The summed E-state index contributed by atoms with van der Waals surface area (Å²) in [5, 5.41) is 0. The molecule has 53 heavy (non-hydrogen) atoms. The molecule has 1 aliphatic carbocycles. The van der Waals surface area contributed by atoms with E-state index in [1.165, 1.54) is 27.8 Å². The van der Waals surface area contributed by atoms with Crippen molar-refractivity contribution in [3.8, 4) is 56.5 Å². The minimum Gasteiger partial charge on any atom is -0.457 e. The Bertz CT molecular complexity index is 2560. The van der Waals surface area contributed by atoms with Gasteiger partial charge in [0, 0.05) is 28.9 Å². The Morgan fingerprint density at radius 1 is 0.377 bits per heavy atom. The number of ether oxygens (including phenoxy) is 1. The molecule has 1 aliphatic heterocycles. The van der Waals surface area contributed by atoms with E-state index in [1.807, 2.05) is 36.4 Å². The minimum atomic E-state index is -0.521. The molecule has 0 amide bonds. The lowest BCUT2D eigenvalue weighted by Gasteiger charge is -2.50. The van der Waals surface area contributed by atoms with Crippen LogP contribution in [0.5, 0.6) is 11.5 Å². The van der Waals surface area contributed by atoms with Crippen LogP contribution in [0.4, 0.5) is 0 Å². The van der Waals surface area contributed by atoms with Crippen molar-refractivity contribution in [2.75, 3.05) is 0 Å². The van der Waals surface area contributed by atoms with E-state index < -0.39 is 5.41 Å². The van der Waals surface area contributed by atoms with Gasteiger partial charge in [0.15, 0.2) is 0 Å². The predicted octanol–water partition coefficient (Wildman–Crippen LogP) is 11.7. The third kappa shape index (κ3) is 4.79. The van der Waals surface area contributed by atoms with Crippen LogP contribution >= 0.6 is 0 Å². The standard InChI is InChI=1S/C49H35N3O/c1-48(2)36-13-3-5-15-38(36)49(39-16-6-4-14-37(39)48)40-17-7-8-20-46(40)53-47-31-34(25-26-41(47)49)32-21-23-33(24-22-32)35-29-44(42-18-9-11-27-50-42)52-45(30-35)43-19-10-12-28-51-43/h3-31H,1-2H3. The van der Waals surface area contributed by atoms with Crippen LogP contribution in [0, 0.1) is 0 Å². The maximum absolute atomic E-state index is 6.83. The lowest BCUT2D eigenvalue weighted by atomic mass is 9.53. The van der Waals surface area contributed by atoms with Crippen LogP contribution in [-0.4, -0.2) is 15.0 Å². The van der Waals surface area contributed by atoms with E-state index in [4.69, 9.17) is 9.72 Å². The zero-order chi connectivity index (χ0) is 35.6. The Morgan fingerprint density at radius 3 is 1.42 bits per heavy atom. The van der Waals surface area contributed by atoms with Crippen molar-refractivity contribution in [3.63, 3.8) is 0 Å². The highest BCUT2D eigenvalue weighted by molar-refractivity contribution is 5.80. The highest BCUT2D eigenvalue weighted by atomic mass is 16.5. The van der Waals surface area contributed by atoms with Crippen LogP contribution in [0.15, 0.2) is 176 Å². The lowest BCUT2D eigenvalue weighted by Crippen LogP contribution is -2.43. The molecule has 0 saturated heterocycles. The molecule has 252 valence electrons. The van der Waals surface area contributed by atoms with Gasteiger partial charge in [0.1, 0.15) is 11.5 Å². The average molecular weight is 682 g/mol. The van der Waals surface area contributed by atoms with Crippen molar-refractivity contribution in [1.82, 2.24) is 15.0 Å². The van der Waals surface area contributed by atoms with Crippen LogP contribution in [-0.2, 0) is 10.8 Å². The number of benzene rings is 5. The fourth-order valence-corrected chi connectivity index (χ4v) is 8.65. The molecule has 0 N–H and O–H groups in total. The molecule has 0 atom stereocenters. The molecule has 0 fully saturated rings. The van der Waals surface area contributed by atoms with Gasteiger partial charge >= 0.3 is 0 Å². The van der Waals surface area contributed by atoms with Crippen LogP contribution < -0.4 is 4.74 Å². The monoisotopic (exact) mass is 681 g/mol. The molecular formula is C49H35N3O. The summed E-state index contributed by atoms with van der Waals surface area (Å²) in [5.74, 6) is 1.77. The second-order valence-electron chi connectivity index (χ2n) is 14.4. The number of fused-ring (bicyclic) bond motifs is 8. The molecular weight excluding hydrogens is 647 g/mol. The molecule has 2 aliphatic rings. The smallest absolute Gasteiger partial charge is 0.132 e. The van der Waals surface area contributed by atoms with E-state index in [0.29, 0.717) is 0 Å². The van der Waals surface area contributed by atoms with Crippen LogP contribution in [0.2, 0.25) is 0 Å². The average Bonchev–Trinajstić information content (AvgIpc) is 3.23. The van der Waals surface area contributed by atoms with E-state index >= 15 is 0 Å². The van der Waals surface area contributed by atoms with Crippen molar-refractivity contribution in [1.29, 1.82) is 0 Å². The third-order valence-electron chi connectivity index (χ3n) is 11.1. The van der Waals surface area contributed by atoms with Gasteiger partial charge < -0.3 is 4.74 Å². The van der Waals surface area contributed by atoms with Gasteiger partial charge in [-0.15, -0.1) is 0 Å². The number of pyridine rings is 3. The molecule has 4 nitrogen and oxygen atoms in total. The van der Waals surface area contributed by atoms with Crippen molar-refractivity contribution >= 4 is 0 Å². The zero-order valence-corrected chi connectivity index (χ0v) is 29.5. The number of rotatable bonds is 4. The highest BCUT2D eigenvalue weighted by Crippen LogP contribution is 2.61. The van der Waals surface area contributed by atoms with Crippen LogP contribution in [0.3, 0.4) is 0 Å². The second kappa shape index (κ2) is 12.0. The van der Waals surface area contributed by atoms with E-state index in [1.54, 1.807) is 12.4 Å². The Balaban J connectivity index is 1.10. The maximum Gasteiger partial charge on any atom is 0.132 e. The molecule has 10 rings (SSSR count). The first kappa shape index (κ1) is 31.1. The predicted molar refractivity (Wildman–Crippen MR) is 212 cm³/mol. The van der Waals surface area contributed by atoms with Gasteiger partial charge in [-0.2, -0.15) is 0 Å². The highest BCUT2D eigenvalue weighted by Gasteiger charge is 2.52. The summed E-state index contributed by atoms with van der Waals surface area (Å²) in [6.07, 6.45) is 3.60. The van der Waals surface area contributed by atoms with Crippen molar-refractivity contribution < 1.29 is 4.74 Å². The summed E-state index contributed by atoms with van der Waals surface area (Å²) in [5.41, 5.74) is 14.6. The minimum absolute atomic E-state index is 0.154. The Kier molecular flexibility index (Phi) is 7.02. The summed E-state index contributed by atoms with van der Waals surface area (Å²) in [7, 11) is 0. The molecule has 4 heterocycles. The van der Waals surface area contributed by atoms with Gasteiger partial charge in [0.25, 0.3) is 0 Å². The van der Waals surface area contributed by atoms with Gasteiger partial charge in [-0.25, -0.2) is 4.98 Å². The van der Waals surface area contributed by atoms with Crippen molar-refractivity contribution in [2.24, 2.45) is 0 Å². The van der Waals surface area contributed by atoms with E-state index in [0.717, 1.165) is 62.1 Å². The van der Waals surface area contributed by atoms with Gasteiger partial charge in [-0.3, -0.25) is 9.97 Å². The molecule has 3 aromatic heterocycles. The van der Waals surface area contributed by atoms with E-state index in [2.05, 4.69) is 151 Å². The number of hydrogen-bond acceptors (Lipinski definition) is 4. The van der Waals surface area contributed by atoms with Crippen molar-refractivity contribution in [2.45, 2.75) is 24.7 Å². The van der Waals surface area contributed by atoms with E-state index in [9.17, 15) is 0 Å². The summed E-state index contributed by atoms with van der Waals surface area (Å²) in [6, 6.07) is 58.1. The summed E-state index contributed by atoms with van der Waals surface area (Å²) < 4.78 is 6.83. The first-order valence-corrected chi connectivity index (χ1v) is 18.1. The number of aromatic nitrogens is 3. The maximum atomic E-state index is 6.83. The fourth-order valence-electron chi connectivity index (χ4n) is 8.65. The number of hydrogen-bond donors (Lipinski definition) is 0. The molecule has 8 aromatic rings. The third-order valence-corrected chi connectivity index (χ3v) is 11.1. The number of nitrogens with zero attached hydrogens (tertiary/aromatic N) is 3. The summed E-state index contributed by atoms with van der Waals surface area (Å²) >= 11 is 0. The fraction of sp³-hybridized carbons (Fsp3) is 0.0816. The normalized spacial score (nSPS) is 14.3. The largest absolute Gasteiger partial charge is 0.457 e. The summed E-state index contributed by atoms with van der Waals surface area (Å²) in [4.78, 5) is 14.1. The Morgan fingerprint density at radius 2 is 0.849 bits per heavy atom. The topological polar surface area (TPSA) is 47.9 Å². The molecule has 0 bridgehead atoms. The van der Waals surface area contributed by atoms with Crippen LogP contribution in [0.1, 0.15) is 47.2 Å². The quantitative estimate of drug-likeness (QED) is 0.185. The Hall–Kier alpha value is -6.65. The second-order valence-corrected chi connectivity index (χ2v) is 14.4. The van der Waals surface area contributed by atoms with Gasteiger partial charge in [0.2, 0.25) is 0 Å². The zero-order valence-electron chi connectivity index (χ0n) is 29.5. The lowest BCUT2D eigenvalue weighted by molar-refractivity contribution is 0.425. The summed E-state index contributed by atoms with van der Waals surface area (Å²) in [6.45, 7) is 4.70. The molecule has 5 aromatic carbocycles. The molecule has 0 radical (unpaired) electrons. The van der Waals surface area contributed by atoms with Crippen LogP contribution in [0.25, 0.3) is 45.0 Å². The van der Waals surface area contributed by atoms with Gasteiger partial charge in [-0.05, 0) is 93.0 Å². The van der Waals surface area contributed by atoms with Crippen molar-refractivity contribution in [3.05, 3.63) is 210 Å². The first-order chi connectivity index (χ1) is 26.0. The molecule has 4 heteroatoms. The Labute approximate surface area is 309 Å². The molecule has 0 saturated carbocycles. The molecule has 0 unspecified atom stereocenters. The van der Waals surface area contributed by atoms with Gasteiger partial charge in [-0.1, -0.05) is 129 Å². The van der Waals surface area contributed by atoms with E-state index in [-0.39, 0.29) is 5.41 Å². The molecule has 1 spiro atoms. The SMILES string of the molecule is CC1(C)c2ccccc2C2(c3ccccc3Oc3cc(-c4ccc(-c5cc(-c6ccccn6)nc(-c6ccccn6)c5)cc4)ccc32)c2ccccc21.